The molecule has 0 aromatic heterocycles. The lowest BCUT2D eigenvalue weighted by atomic mass is 9.96. The third-order valence-corrected chi connectivity index (χ3v) is 3.38. The van der Waals surface area contributed by atoms with Gasteiger partial charge in [0.05, 0.1) is 5.60 Å². The topological polar surface area (TPSA) is 72.8 Å². The number of hydrogen-bond donors (Lipinski definition) is 1. The number of allylic oxidation sites excluding steroid dienone is 1. The molecule has 0 saturated carbocycles. The highest BCUT2D eigenvalue weighted by Crippen LogP contribution is 2.21. The smallest absolute Gasteiger partial charge is 0.303 e. The molecule has 0 saturated heterocycles. The van der Waals surface area contributed by atoms with E-state index in [1.54, 1.807) is 13.0 Å². The second-order valence-corrected chi connectivity index (χ2v) is 6.44. The molecule has 0 fully saturated rings. The highest BCUT2D eigenvalue weighted by molar-refractivity contribution is 5.67. The Morgan fingerprint density at radius 1 is 1.12 bits per heavy atom. The Morgan fingerprint density at radius 2 is 1.67 bits per heavy atom. The first kappa shape index (κ1) is 22.1. The van der Waals surface area contributed by atoms with Crippen LogP contribution in [0.4, 0.5) is 0 Å². The van der Waals surface area contributed by atoms with Crippen molar-refractivity contribution in [2.45, 2.75) is 72.2 Å². The minimum absolute atomic E-state index is 0.170. The summed E-state index contributed by atoms with van der Waals surface area (Å²) in [7, 11) is 0. The Bertz CT molecular complexity index is 510. The molecule has 0 spiro atoms. The fourth-order valence-electron chi connectivity index (χ4n) is 2.11. The minimum Gasteiger partial charge on any atom is -0.458 e. The standard InChI is InChI=1S/C19H30O5/c1-8-19(7,22)12-17(23-15(5)20)11-14(4)18(24-16(6)21)10-9-13(2)3/h8-9,11,17-18,22H,1,10,12H2,2-7H3. The largest absolute Gasteiger partial charge is 0.458 e. The highest BCUT2D eigenvalue weighted by Gasteiger charge is 2.24. The van der Waals surface area contributed by atoms with Crippen molar-refractivity contribution < 1.29 is 24.2 Å². The summed E-state index contributed by atoms with van der Waals surface area (Å²) in [6.07, 6.45) is 4.72. The van der Waals surface area contributed by atoms with Crippen molar-refractivity contribution in [3.63, 3.8) is 0 Å². The van der Waals surface area contributed by atoms with E-state index < -0.39 is 23.8 Å². The van der Waals surface area contributed by atoms with Crippen LogP contribution in [0.25, 0.3) is 0 Å². The van der Waals surface area contributed by atoms with E-state index in [-0.39, 0.29) is 12.4 Å². The lowest BCUT2D eigenvalue weighted by Crippen LogP contribution is -2.30. The van der Waals surface area contributed by atoms with Crippen LogP contribution in [0.5, 0.6) is 0 Å². The van der Waals surface area contributed by atoms with E-state index in [2.05, 4.69) is 6.58 Å². The number of ether oxygens (including phenoxy) is 2. The van der Waals surface area contributed by atoms with Crippen LogP contribution in [0.2, 0.25) is 0 Å². The Morgan fingerprint density at radius 3 is 2.08 bits per heavy atom. The predicted molar refractivity (Wildman–Crippen MR) is 94.4 cm³/mol. The summed E-state index contributed by atoms with van der Waals surface area (Å²) in [6, 6.07) is 0. The van der Waals surface area contributed by atoms with E-state index in [0.29, 0.717) is 6.42 Å². The summed E-state index contributed by atoms with van der Waals surface area (Å²) in [4.78, 5) is 22.7. The molecule has 0 aromatic rings. The average Bonchev–Trinajstić information content (AvgIpc) is 2.41. The minimum atomic E-state index is -1.17. The third-order valence-electron chi connectivity index (χ3n) is 3.38. The van der Waals surface area contributed by atoms with Gasteiger partial charge < -0.3 is 14.6 Å². The molecular weight excluding hydrogens is 308 g/mol. The van der Waals surface area contributed by atoms with Crippen LogP contribution in [-0.2, 0) is 19.1 Å². The fourth-order valence-corrected chi connectivity index (χ4v) is 2.11. The van der Waals surface area contributed by atoms with Gasteiger partial charge >= 0.3 is 11.9 Å². The zero-order valence-corrected chi connectivity index (χ0v) is 15.6. The second kappa shape index (κ2) is 10.1. The Hall–Kier alpha value is -1.88. The van der Waals surface area contributed by atoms with E-state index in [0.717, 1.165) is 11.1 Å². The van der Waals surface area contributed by atoms with Crippen LogP contribution in [0.1, 0.15) is 54.4 Å². The maximum Gasteiger partial charge on any atom is 0.303 e. The Kier molecular flexibility index (Phi) is 9.29. The number of esters is 2. The van der Waals surface area contributed by atoms with Gasteiger partial charge in [0.15, 0.2) is 0 Å². The molecule has 136 valence electrons. The van der Waals surface area contributed by atoms with Gasteiger partial charge in [-0.25, -0.2) is 0 Å². The molecule has 0 aliphatic rings. The van der Waals surface area contributed by atoms with E-state index in [4.69, 9.17) is 9.47 Å². The van der Waals surface area contributed by atoms with Gasteiger partial charge in [0.25, 0.3) is 0 Å². The van der Waals surface area contributed by atoms with Crippen molar-refractivity contribution in [3.05, 3.63) is 36.0 Å². The van der Waals surface area contributed by atoms with Crippen LogP contribution in [0.15, 0.2) is 36.0 Å². The van der Waals surface area contributed by atoms with Crippen LogP contribution in [0.3, 0.4) is 0 Å². The van der Waals surface area contributed by atoms with Gasteiger partial charge in [-0.05, 0) is 39.3 Å². The maximum absolute atomic E-state index is 11.3. The van der Waals surface area contributed by atoms with Crippen LogP contribution in [0, 0.1) is 0 Å². The molecule has 0 rings (SSSR count). The highest BCUT2D eigenvalue weighted by atomic mass is 16.5. The fraction of sp³-hybridized carbons (Fsp3) is 0.579. The molecule has 5 nitrogen and oxygen atoms in total. The normalized spacial score (nSPS) is 16.4. The quantitative estimate of drug-likeness (QED) is 0.515. The van der Waals surface area contributed by atoms with Gasteiger partial charge in [-0.3, -0.25) is 9.59 Å². The molecule has 0 amide bonds. The van der Waals surface area contributed by atoms with Crippen molar-refractivity contribution in [1.82, 2.24) is 0 Å². The molecule has 0 heterocycles. The second-order valence-electron chi connectivity index (χ2n) is 6.44. The van der Waals surface area contributed by atoms with Gasteiger partial charge in [-0.15, -0.1) is 6.58 Å². The van der Waals surface area contributed by atoms with Gasteiger partial charge in [-0.2, -0.15) is 0 Å². The lowest BCUT2D eigenvalue weighted by Gasteiger charge is -2.25. The molecule has 5 heteroatoms. The van der Waals surface area contributed by atoms with E-state index >= 15 is 0 Å². The number of hydrogen-bond acceptors (Lipinski definition) is 5. The molecule has 0 aliphatic carbocycles. The Balaban J connectivity index is 5.41. The van der Waals surface area contributed by atoms with Gasteiger partial charge in [0.2, 0.25) is 0 Å². The maximum atomic E-state index is 11.3. The molecule has 3 unspecified atom stereocenters. The molecule has 0 aromatic carbocycles. The van der Waals surface area contributed by atoms with E-state index in [9.17, 15) is 14.7 Å². The molecule has 0 aliphatic heterocycles. The lowest BCUT2D eigenvalue weighted by molar-refractivity contribution is -0.147. The van der Waals surface area contributed by atoms with Crippen molar-refractivity contribution in [1.29, 1.82) is 0 Å². The summed E-state index contributed by atoms with van der Waals surface area (Å²) in [5, 5.41) is 10.1. The third kappa shape index (κ3) is 10.0. The van der Waals surface area contributed by atoms with Crippen molar-refractivity contribution in [2.75, 3.05) is 0 Å². The van der Waals surface area contributed by atoms with Crippen LogP contribution >= 0.6 is 0 Å². The van der Waals surface area contributed by atoms with Crippen LogP contribution < -0.4 is 0 Å². The van der Waals surface area contributed by atoms with Crippen molar-refractivity contribution >= 4 is 11.9 Å². The van der Waals surface area contributed by atoms with Crippen LogP contribution in [-0.4, -0.2) is 34.9 Å². The van der Waals surface area contributed by atoms with Gasteiger partial charge in [0, 0.05) is 26.7 Å². The molecule has 0 bridgehead atoms. The van der Waals surface area contributed by atoms with Gasteiger partial charge in [-0.1, -0.05) is 17.7 Å². The summed E-state index contributed by atoms with van der Waals surface area (Å²) in [6.45, 7) is 13.6. The number of carbonyl (C=O) groups excluding carboxylic acids is 2. The molecule has 24 heavy (non-hydrogen) atoms. The predicted octanol–water partition coefficient (Wildman–Crippen LogP) is 3.48. The first-order chi connectivity index (χ1) is 11.0. The first-order valence-corrected chi connectivity index (χ1v) is 7.99. The summed E-state index contributed by atoms with van der Waals surface area (Å²) in [5.41, 5.74) is 0.702. The molecule has 0 radical (unpaired) electrons. The average molecular weight is 338 g/mol. The molecule has 1 N–H and O–H groups in total. The SMILES string of the molecule is C=CC(C)(O)CC(C=C(C)C(CC=C(C)C)OC(C)=O)OC(C)=O. The summed E-state index contributed by atoms with van der Waals surface area (Å²) >= 11 is 0. The van der Waals surface area contributed by atoms with Gasteiger partial charge in [0.1, 0.15) is 12.2 Å². The number of carbonyl (C=O) groups is 2. The number of aliphatic hydroxyl groups is 1. The van der Waals surface area contributed by atoms with Crippen molar-refractivity contribution in [3.8, 4) is 0 Å². The molecule has 3 atom stereocenters. The number of rotatable bonds is 9. The zero-order chi connectivity index (χ0) is 18.9. The first-order valence-electron chi connectivity index (χ1n) is 7.99. The van der Waals surface area contributed by atoms with Crippen molar-refractivity contribution in [2.24, 2.45) is 0 Å². The van der Waals surface area contributed by atoms with E-state index in [1.807, 2.05) is 26.8 Å². The van der Waals surface area contributed by atoms with E-state index in [1.165, 1.54) is 19.9 Å². The zero-order valence-electron chi connectivity index (χ0n) is 15.6. The monoisotopic (exact) mass is 338 g/mol. The summed E-state index contributed by atoms with van der Waals surface area (Å²) < 4.78 is 10.6. The Labute approximate surface area is 145 Å². The summed E-state index contributed by atoms with van der Waals surface area (Å²) in [5.74, 6) is -0.825. The molecular formula is C19H30O5.